The van der Waals surface area contributed by atoms with Gasteiger partial charge in [0.1, 0.15) is 5.60 Å². The van der Waals surface area contributed by atoms with Gasteiger partial charge in [-0.05, 0) is 63.2 Å². The van der Waals surface area contributed by atoms with Crippen LogP contribution in [0.25, 0.3) is 0 Å². The van der Waals surface area contributed by atoms with Crippen molar-refractivity contribution in [2.24, 2.45) is 0 Å². The monoisotopic (exact) mass is 403 g/mol. The Labute approximate surface area is 168 Å². The van der Waals surface area contributed by atoms with Crippen LogP contribution >= 0.6 is 11.6 Å². The van der Waals surface area contributed by atoms with Crippen molar-refractivity contribution in [2.45, 2.75) is 33.3 Å². The van der Waals surface area contributed by atoms with Gasteiger partial charge in [-0.25, -0.2) is 4.79 Å². The molecule has 0 saturated carbocycles. The lowest BCUT2D eigenvalue weighted by Gasteiger charge is -2.19. The van der Waals surface area contributed by atoms with Crippen molar-refractivity contribution in [3.63, 3.8) is 0 Å². The van der Waals surface area contributed by atoms with Crippen LogP contribution in [0.15, 0.2) is 42.5 Å². The molecular formula is C20H22ClN3O4. The highest BCUT2D eigenvalue weighted by atomic mass is 35.5. The molecule has 28 heavy (non-hydrogen) atoms. The lowest BCUT2D eigenvalue weighted by atomic mass is 10.2. The molecule has 2 aromatic carbocycles. The Bertz CT molecular complexity index is 889. The number of carbonyl (C=O) groups excluding carboxylic acids is 3. The summed E-state index contributed by atoms with van der Waals surface area (Å²) >= 11 is 6.15. The first-order valence-corrected chi connectivity index (χ1v) is 8.90. The molecule has 0 aliphatic heterocycles. The minimum absolute atomic E-state index is 0.215. The van der Waals surface area contributed by atoms with Crippen LogP contribution in [-0.4, -0.2) is 23.5 Å². The molecule has 2 aromatic rings. The van der Waals surface area contributed by atoms with E-state index in [4.69, 9.17) is 16.3 Å². The van der Waals surface area contributed by atoms with Crippen molar-refractivity contribution in [1.29, 1.82) is 0 Å². The van der Waals surface area contributed by atoms with Crippen molar-refractivity contribution in [2.75, 3.05) is 16.0 Å². The molecule has 0 aliphatic carbocycles. The van der Waals surface area contributed by atoms with Gasteiger partial charge in [0.15, 0.2) is 0 Å². The average molecular weight is 404 g/mol. The highest BCUT2D eigenvalue weighted by Crippen LogP contribution is 2.26. The lowest BCUT2D eigenvalue weighted by Crippen LogP contribution is -2.27. The zero-order chi connectivity index (χ0) is 20.9. The van der Waals surface area contributed by atoms with Crippen LogP contribution in [0, 0.1) is 0 Å². The second-order valence-corrected chi connectivity index (χ2v) is 7.44. The van der Waals surface area contributed by atoms with Crippen molar-refractivity contribution in [3.8, 4) is 0 Å². The summed E-state index contributed by atoms with van der Waals surface area (Å²) in [5, 5.41) is 8.21. The fourth-order valence-electron chi connectivity index (χ4n) is 2.22. The van der Waals surface area contributed by atoms with Crippen molar-refractivity contribution in [1.82, 2.24) is 0 Å². The molecule has 0 saturated heterocycles. The van der Waals surface area contributed by atoms with E-state index >= 15 is 0 Å². The molecule has 0 aromatic heterocycles. The van der Waals surface area contributed by atoms with Gasteiger partial charge in [0.05, 0.1) is 10.7 Å². The number of halogens is 1. The van der Waals surface area contributed by atoms with Crippen LogP contribution in [0.4, 0.5) is 21.9 Å². The molecule has 0 spiro atoms. The number of benzene rings is 2. The van der Waals surface area contributed by atoms with Gasteiger partial charge in [0.2, 0.25) is 5.91 Å². The molecule has 3 amide bonds. The number of carbonyl (C=O) groups is 3. The van der Waals surface area contributed by atoms with Crippen LogP contribution in [0.1, 0.15) is 38.1 Å². The van der Waals surface area contributed by atoms with Gasteiger partial charge in [0, 0.05) is 23.9 Å². The largest absolute Gasteiger partial charge is 0.444 e. The zero-order valence-corrected chi connectivity index (χ0v) is 16.8. The maximum absolute atomic E-state index is 12.4. The third kappa shape index (κ3) is 6.59. The SMILES string of the molecule is CC(=O)Nc1ccc(NC(=O)c2ccc(NC(=O)OC(C)(C)C)cc2)c(Cl)c1. The van der Waals surface area contributed by atoms with E-state index in [1.54, 1.807) is 63.2 Å². The first-order valence-electron chi connectivity index (χ1n) is 8.52. The van der Waals surface area contributed by atoms with Crippen LogP contribution in [0.5, 0.6) is 0 Å². The molecule has 2 rings (SSSR count). The Hall–Kier alpha value is -3.06. The van der Waals surface area contributed by atoms with Crippen molar-refractivity contribution in [3.05, 3.63) is 53.1 Å². The van der Waals surface area contributed by atoms with E-state index in [1.165, 1.54) is 6.92 Å². The standard InChI is InChI=1S/C20H22ClN3O4/c1-12(25)22-15-9-10-17(16(21)11-15)24-18(26)13-5-7-14(8-6-13)23-19(27)28-20(2,3)4/h5-11H,1-4H3,(H,22,25)(H,23,27)(H,24,26). The predicted octanol–water partition coefficient (Wildman–Crippen LogP) is 4.90. The third-order valence-electron chi connectivity index (χ3n) is 3.33. The van der Waals surface area contributed by atoms with E-state index in [-0.39, 0.29) is 11.8 Å². The predicted molar refractivity (Wildman–Crippen MR) is 110 cm³/mol. The summed E-state index contributed by atoms with van der Waals surface area (Å²) in [6.45, 7) is 6.71. The van der Waals surface area contributed by atoms with E-state index in [1.807, 2.05) is 0 Å². The maximum Gasteiger partial charge on any atom is 0.412 e. The molecule has 0 heterocycles. The second-order valence-electron chi connectivity index (χ2n) is 7.03. The van der Waals surface area contributed by atoms with Crippen molar-refractivity contribution >= 4 is 46.6 Å². The van der Waals surface area contributed by atoms with Gasteiger partial charge in [-0.1, -0.05) is 11.6 Å². The highest BCUT2D eigenvalue weighted by Gasteiger charge is 2.16. The average Bonchev–Trinajstić information content (AvgIpc) is 2.55. The summed E-state index contributed by atoms with van der Waals surface area (Å²) in [4.78, 5) is 35.2. The van der Waals surface area contributed by atoms with Crippen LogP contribution in [-0.2, 0) is 9.53 Å². The molecular weight excluding hydrogens is 382 g/mol. The second kappa shape index (κ2) is 8.75. The Morgan fingerprint density at radius 1 is 0.893 bits per heavy atom. The van der Waals surface area contributed by atoms with Crippen LogP contribution in [0.3, 0.4) is 0 Å². The summed E-state index contributed by atoms with van der Waals surface area (Å²) in [7, 11) is 0. The maximum atomic E-state index is 12.4. The number of nitrogens with one attached hydrogen (secondary N) is 3. The number of anilines is 3. The Balaban J connectivity index is 2.01. The number of hydrogen-bond donors (Lipinski definition) is 3. The van der Waals surface area contributed by atoms with Gasteiger partial charge in [-0.3, -0.25) is 14.9 Å². The van der Waals surface area contributed by atoms with Gasteiger partial charge < -0.3 is 15.4 Å². The topological polar surface area (TPSA) is 96.5 Å². The van der Waals surface area contributed by atoms with Gasteiger partial charge in [0.25, 0.3) is 5.91 Å². The highest BCUT2D eigenvalue weighted by molar-refractivity contribution is 6.34. The summed E-state index contributed by atoms with van der Waals surface area (Å²) in [5.74, 6) is -0.578. The van der Waals surface area contributed by atoms with E-state index in [9.17, 15) is 14.4 Å². The number of ether oxygens (including phenoxy) is 1. The number of amides is 3. The quantitative estimate of drug-likeness (QED) is 0.676. The van der Waals surface area contributed by atoms with Crippen LogP contribution < -0.4 is 16.0 Å². The summed E-state index contributed by atoms with van der Waals surface area (Å²) < 4.78 is 5.17. The van der Waals surface area contributed by atoms with Crippen molar-refractivity contribution < 1.29 is 19.1 Å². The molecule has 0 aliphatic rings. The summed E-state index contributed by atoms with van der Waals surface area (Å²) in [6.07, 6.45) is -0.573. The number of hydrogen-bond acceptors (Lipinski definition) is 4. The van der Waals surface area contributed by atoms with E-state index < -0.39 is 11.7 Å². The third-order valence-corrected chi connectivity index (χ3v) is 3.64. The summed E-state index contributed by atoms with van der Waals surface area (Å²) in [5.41, 5.74) is 1.24. The normalized spacial score (nSPS) is 10.8. The molecule has 0 bridgehead atoms. The molecule has 0 radical (unpaired) electrons. The minimum Gasteiger partial charge on any atom is -0.444 e. The molecule has 0 atom stereocenters. The Morgan fingerprint density at radius 2 is 1.50 bits per heavy atom. The van der Waals surface area contributed by atoms with Gasteiger partial charge >= 0.3 is 6.09 Å². The van der Waals surface area contributed by atoms with E-state index in [0.717, 1.165) is 0 Å². The van der Waals surface area contributed by atoms with E-state index in [2.05, 4.69) is 16.0 Å². The molecule has 8 heteroatoms. The van der Waals surface area contributed by atoms with Gasteiger partial charge in [-0.2, -0.15) is 0 Å². The first kappa shape index (κ1) is 21.2. The molecule has 0 fully saturated rings. The fourth-order valence-corrected chi connectivity index (χ4v) is 2.45. The van der Waals surface area contributed by atoms with Crippen LogP contribution in [0.2, 0.25) is 5.02 Å². The Morgan fingerprint density at radius 3 is 2.04 bits per heavy atom. The lowest BCUT2D eigenvalue weighted by molar-refractivity contribution is -0.114. The first-order chi connectivity index (χ1) is 13.0. The smallest absolute Gasteiger partial charge is 0.412 e. The number of rotatable bonds is 4. The Kier molecular flexibility index (Phi) is 6.64. The minimum atomic E-state index is -0.599. The zero-order valence-electron chi connectivity index (χ0n) is 16.1. The molecule has 3 N–H and O–H groups in total. The van der Waals surface area contributed by atoms with Gasteiger partial charge in [-0.15, -0.1) is 0 Å². The molecule has 148 valence electrons. The van der Waals surface area contributed by atoms with E-state index in [0.29, 0.717) is 27.6 Å². The fraction of sp³-hybridized carbons (Fsp3) is 0.250. The summed E-state index contributed by atoms with van der Waals surface area (Å²) in [6, 6.07) is 11.1. The molecule has 7 nitrogen and oxygen atoms in total. The molecule has 0 unspecified atom stereocenters.